The number of imidazole rings is 1. The van der Waals surface area contributed by atoms with E-state index in [0.717, 1.165) is 50.6 Å². The Morgan fingerprint density at radius 3 is 2.89 bits per heavy atom. The first-order valence-corrected chi connectivity index (χ1v) is 6.28. The third-order valence-corrected chi connectivity index (χ3v) is 3.27. The van der Waals surface area contributed by atoms with Gasteiger partial charge in [0.05, 0.1) is 25.1 Å². The summed E-state index contributed by atoms with van der Waals surface area (Å²) in [5.41, 5.74) is 1.94. The zero-order valence-corrected chi connectivity index (χ0v) is 10.2. The van der Waals surface area contributed by atoms with Crippen molar-refractivity contribution < 1.29 is 9.84 Å². The van der Waals surface area contributed by atoms with E-state index in [4.69, 9.17) is 4.74 Å². The lowest BCUT2D eigenvalue weighted by molar-refractivity contribution is 0.0383. The summed E-state index contributed by atoms with van der Waals surface area (Å²) < 4.78 is 7.19. The van der Waals surface area contributed by atoms with E-state index in [1.54, 1.807) is 12.3 Å². The summed E-state index contributed by atoms with van der Waals surface area (Å²) in [4.78, 5) is 6.93. The van der Waals surface area contributed by atoms with Gasteiger partial charge in [-0.15, -0.1) is 0 Å². The highest BCUT2D eigenvalue weighted by Gasteiger charge is 2.11. The smallest absolute Gasteiger partial charge is 0.137 e. The van der Waals surface area contributed by atoms with Gasteiger partial charge in [0.1, 0.15) is 11.4 Å². The van der Waals surface area contributed by atoms with Crippen LogP contribution in [0.3, 0.4) is 0 Å². The summed E-state index contributed by atoms with van der Waals surface area (Å²) >= 11 is 0. The van der Waals surface area contributed by atoms with E-state index in [1.807, 2.05) is 16.7 Å². The van der Waals surface area contributed by atoms with Crippen LogP contribution in [0.1, 0.15) is 5.69 Å². The second-order valence-corrected chi connectivity index (χ2v) is 4.59. The molecule has 5 heteroatoms. The molecule has 1 saturated heterocycles. The summed E-state index contributed by atoms with van der Waals surface area (Å²) in [5, 5.41) is 9.40. The van der Waals surface area contributed by atoms with Crippen molar-refractivity contribution >= 4 is 5.65 Å². The number of morpholine rings is 1. The fraction of sp³-hybridized carbons (Fsp3) is 0.462. The van der Waals surface area contributed by atoms with Crippen molar-refractivity contribution in [1.82, 2.24) is 14.3 Å². The van der Waals surface area contributed by atoms with Gasteiger partial charge in [-0.3, -0.25) is 4.90 Å². The molecule has 3 rings (SSSR count). The third-order valence-electron chi connectivity index (χ3n) is 3.27. The molecule has 0 aromatic carbocycles. The first-order valence-electron chi connectivity index (χ1n) is 6.28. The number of nitrogens with zero attached hydrogens (tertiary/aromatic N) is 3. The van der Waals surface area contributed by atoms with E-state index in [1.165, 1.54) is 0 Å². The first-order chi connectivity index (χ1) is 8.81. The molecule has 0 aliphatic carbocycles. The van der Waals surface area contributed by atoms with Crippen molar-refractivity contribution in [3.63, 3.8) is 0 Å². The molecular formula is C13H17N3O2. The number of aromatic nitrogens is 2. The third kappa shape index (κ3) is 2.47. The lowest BCUT2D eigenvalue weighted by Crippen LogP contribution is -2.37. The molecule has 96 valence electrons. The number of fused-ring (bicyclic) bond motifs is 1. The maximum atomic E-state index is 9.40. The molecule has 0 spiro atoms. The SMILES string of the molecule is Oc1ccc2nc(CCN3CCOCC3)cn2c1. The van der Waals surface area contributed by atoms with E-state index in [2.05, 4.69) is 9.88 Å². The average Bonchev–Trinajstić information content (AvgIpc) is 2.79. The quantitative estimate of drug-likeness (QED) is 0.876. The largest absolute Gasteiger partial charge is 0.506 e. The van der Waals surface area contributed by atoms with Crippen LogP contribution in [0, 0.1) is 0 Å². The van der Waals surface area contributed by atoms with Crippen molar-refractivity contribution in [2.24, 2.45) is 0 Å². The maximum absolute atomic E-state index is 9.40. The minimum atomic E-state index is 0.264. The van der Waals surface area contributed by atoms with Crippen LogP contribution in [0.25, 0.3) is 5.65 Å². The molecule has 1 aliphatic heterocycles. The maximum Gasteiger partial charge on any atom is 0.137 e. The lowest BCUT2D eigenvalue weighted by Gasteiger charge is -2.26. The van der Waals surface area contributed by atoms with E-state index in [-0.39, 0.29) is 5.75 Å². The van der Waals surface area contributed by atoms with Gasteiger partial charge in [-0.2, -0.15) is 0 Å². The summed E-state index contributed by atoms with van der Waals surface area (Å²) in [5.74, 6) is 0.264. The lowest BCUT2D eigenvalue weighted by atomic mass is 10.3. The molecule has 1 N–H and O–H groups in total. The monoisotopic (exact) mass is 247 g/mol. The van der Waals surface area contributed by atoms with Crippen molar-refractivity contribution in [2.45, 2.75) is 6.42 Å². The van der Waals surface area contributed by atoms with Gasteiger partial charge in [-0.25, -0.2) is 4.98 Å². The van der Waals surface area contributed by atoms with Gasteiger partial charge in [0.25, 0.3) is 0 Å². The fourth-order valence-corrected chi connectivity index (χ4v) is 2.25. The molecule has 0 radical (unpaired) electrons. The van der Waals surface area contributed by atoms with Crippen LogP contribution >= 0.6 is 0 Å². The van der Waals surface area contributed by atoms with Crippen LogP contribution in [0.2, 0.25) is 0 Å². The molecule has 3 heterocycles. The molecule has 2 aromatic rings. The highest BCUT2D eigenvalue weighted by atomic mass is 16.5. The fourth-order valence-electron chi connectivity index (χ4n) is 2.25. The second-order valence-electron chi connectivity index (χ2n) is 4.59. The molecule has 0 saturated carbocycles. The van der Waals surface area contributed by atoms with Crippen LogP contribution in [0.5, 0.6) is 5.75 Å². The Bertz CT molecular complexity index is 532. The van der Waals surface area contributed by atoms with Gasteiger partial charge >= 0.3 is 0 Å². The topological polar surface area (TPSA) is 50.0 Å². The molecule has 0 bridgehead atoms. The van der Waals surface area contributed by atoms with Gasteiger partial charge in [-0.1, -0.05) is 0 Å². The first kappa shape index (κ1) is 11.5. The summed E-state index contributed by atoms with van der Waals surface area (Å²) in [7, 11) is 0. The van der Waals surface area contributed by atoms with Crippen LogP contribution in [0.15, 0.2) is 24.5 Å². The Kier molecular flexibility index (Phi) is 3.17. The minimum absolute atomic E-state index is 0.264. The van der Waals surface area contributed by atoms with Crippen LogP contribution < -0.4 is 0 Å². The number of ether oxygens (including phenoxy) is 1. The number of hydrogen-bond donors (Lipinski definition) is 1. The number of hydrogen-bond acceptors (Lipinski definition) is 4. The Labute approximate surface area is 106 Å². The van der Waals surface area contributed by atoms with E-state index < -0.39 is 0 Å². The van der Waals surface area contributed by atoms with Crippen LogP contribution in [-0.2, 0) is 11.2 Å². The van der Waals surface area contributed by atoms with Crippen LogP contribution in [-0.4, -0.2) is 52.2 Å². The van der Waals surface area contributed by atoms with Gasteiger partial charge in [-0.05, 0) is 12.1 Å². The van der Waals surface area contributed by atoms with E-state index >= 15 is 0 Å². The highest BCUT2D eigenvalue weighted by Crippen LogP contribution is 2.12. The van der Waals surface area contributed by atoms with E-state index in [9.17, 15) is 5.11 Å². The predicted molar refractivity (Wildman–Crippen MR) is 67.8 cm³/mol. The Morgan fingerprint density at radius 2 is 2.06 bits per heavy atom. The minimum Gasteiger partial charge on any atom is -0.506 e. The summed E-state index contributed by atoms with van der Waals surface area (Å²) in [6.45, 7) is 4.69. The van der Waals surface area contributed by atoms with Gasteiger partial charge in [0.2, 0.25) is 0 Å². The van der Waals surface area contributed by atoms with Gasteiger partial charge in [0, 0.05) is 32.3 Å². The highest BCUT2D eigenvalue weighted by molar-refractivity contribution is 5.42. The van der Waals surface area contributed by atoms with Crippen molar-refractivity contribution in [2.75, 3.05) is 32.8 Å². The van der Waals surface area contributed by atoms with Crippen molar-refractivity contribution in [1.29, 1.82) is 0 Å². The molecule has 0 unspecified atom stereocenters. The number of rotatable bonds is 3. The molecule has 0 atom stereocenters. The normalized spacial score (nSPS) is 17.3. The standard InChI is InChI=1S/C13H17N3O2/c17-12-1-2-13-14-11(9-16(13)10-12)3-4-15-5-7-18-8-6-15/h1-2,9-10,17H,3-8H2. The van der Waals surface area contributed by atoms with Crippen molar-refractivity contribution in [3.8, 4) is 5.75 Å². The Hall–Kier alpha value is -1.59. The molecule has 2 aromatic heterocycles. The number of aromatic hydroxyl groups is 1. The predicted octanol–water partition coefficient (Wildman–Crippen LogP) is 0.915. The zero-order chi connectivity index (χ0) is 12.4. The van der Waals surface area contributed by atoms with Gasteiger partial charge in [0.15, 0.2) is 0 Å². The zero-order valence-electron chi connectivity index (χ0n) is 10.2. The van der Waals surface area contributed by atoms with E-state index in [0.29, 0.717) is 0 Å². The second kappa shape index (κ2) is 4.96. The molecule has 0 amide bonds. The molecule has 1 aliphatic rings. The van der Waals surface area contributed by atoms with Gasteiger partial charge < -0.3 is 14.2 Å². The number of pyridine rings is 1. The molecule has 18 heavy (non-hydrogen) atoms. The van der Waals surface area contributed by atoms with Crippen LogP contribution in [0.4, 0.5) is 0 Å². The molecule has 5 nitrogen and oxygen atoms in total. The Morgan fingerprint density at radius 1 is 1.22 bits per heavy atom. The van der Waals surface area contributed by atoms with Crippen molar-refractivity contribution in [3.05, 3.63) is 30.2 Å². The summed E-state index contributed by atoms with van der Waals surface area (Å²) in [6.07, 6.45) is 4.60. The summed E-state index contributed by atoms with van der Waals surface area (Å²) in [6, 6.07) is 3.49. The average molecular weight is 247 g/mol. The molecule has 1 fully saturated rings. The molecular weight excluding hydrogens is 230 g/mol. The Balaban J connectivity index is 1.67.